The molecule has 2 N–H and O–H groups in total. The first-order valence-corrected chi connectivity index (χ1v) is 4.98. The molecule has 0 radical (unpaired) electrons. The van der Waals surface area contributed by atoms with Crippen molar-refractivity contribution < 1.29 is 0 Å². The van der Waals surface area contributed by atoms with Crippen LogP contribution in [0.5, 0.6) is 0 Å². The normalized spacial score (nSPS) is 16.7. The first-order valence-electron chi connectivity index (χ1n) is 4.98. The van der Waals surface area contributed by atoms with E-state index in [2.05, 4.69) is 22.1 Å². The van der Waals surface area contributed by atoms with Crippen LogP contribution in [-0.2, 0) is 0 Å². The van der Waals surface area contributed by atoms with Crippen LogP contribution in [0.3, 0.4) is 0 Å². The highest BCUT2D eigenvalue weighted by atomic mass is 15.1. The molecule has 0 aromatic heterocycles. The van der Waals surface area contributed by atoms with Crippen LogP contribution in [0, 0.1) is 0 Å². The Bertz CT molecular complexity index is 327. The number of nitrogens with zero attached hydrogens (tertiary/aromatic N) is 2. The Morgan fingerprint density at radius 3 is 2.79 bits per heavy atom. The molecule has 1 saturated heterocycles. The monoisotopic (exact) mass is 189 g/mol. The summed E-state index contributed by atoms with van der Waals surface area (Å²) in [6, 6.07) is 8.32. The van der Waals surface area contributed by atoms with Crippen molar-refractivity contribution in [3.8, 4) is 0 Å². The molecule has 1 aromatic rings. The van der Waals surface area contributed by atoms with Gasteiger partial charge in [0.2, 0.25) is 0 Å². The largest absolute Gasteiger partial charge is 0.372 e. The fraction of sp³-hybridized carbons (Fsp3) is 0.364. The highest BCUT2D eigenvalue weighted by Gasteiger charge is 2.11. The molecular formula is C11H15N3. The smallest absolute Gasteiger partial charge is 0.0538 e. The topological polar surface area (TPSA) is 41.6 Å². The summed E-state index contributed by atoms with van der Waals surface area (Å²) in [6.07, 6.45) is 4.28. The summed E-state index contributed by atoms with van der Waals surface area (Å²) < 4.78 is 0. The van der Waals surface area contributed by atoms with Gasteiger partial charge in [0.1, 0.15) is 0 Å². The summed E-state index contributed by atoms with van der Waals surface area (Å²) in [5.41, 5.74) is 2.34. The van der Waals surface area contributed by atoms with Crippen molar-refractivity contribution in [1.82, 2.24) is 0 Å². The Morgan fingerprint density at radius 1 is 1.29 bits per heavy atom. The third kappa shape index (κ3) is 1.87. The van der Waals surface area contributed by atoms with Crippen molar-refractivity contribution in [2.24, 2.45) is 10.9 Å². The summed E-state index contributed by atoms with van der Waals surface area (Å²) in [5, 5.41) is 3.53. The highest BCUT2D eigenvalue weighted by molar-refractivity contribution is 5.81. The summed E-state index contributed by atoms with van der Waals surface area (Å²) in [5.74, 6) is 5.12. The second-order valence-corrected chi connectivity index (χ2v) is 3.57. The highest BCUT2D eigenvalue weighted by Crippen LogP contribution is 2.20. The average Bonchev–Trinajstić information content (AvgIpc) is 2.71. The summed E-state index contributed by atoms with van der Waals surface area (Å²) in [4.78, 5) is 2.40. The summed E-state index contributed by atoms with van der Waals surface area (Å²) in [7, 11) is 0. The zero-order chi connectivity index (χ0) is 9.80. The Hall–Kier alpha value is -1.51. The molecule has 0 spiro atoms. The molecule has 0 saturated carbocycles. The van der Waals surface area contributed by atoms with E-state index >= 15 is 0 Å². The van der Waals surface area contributed by atoms with E-state index in [0.29, 0.717) is 0 Å². The number of benzene rings is 1. The van der Waals surface area contributed by atoms with Gasteiger partial charge in [-0.1, -0.05) is 12.1 Å². The number of rotatable bonds is 2. The molecule has 0 unspecified atom stereocenters. The molecule has 1 aliphatic rings. The Balaban J connectivity index is 2.20. The van der Waals surface area contributed by atoms with Gasteiger partial charge in [-0.15, -0.1) is 0 Å². The van der Waals surface area contributed by atoms with Crippen LogP contribution in [-0.4, -0.2) is 19.3 Å². The second kappa shape index (κ2) is 4.13. The maximum atomic E-state index is 5.12. The van der Waals surface area contributed by atoms with Gasteiger partial charge in [0, 0.05) is 18.8 Å². The Kier molecular flexibility index (Phi) is 2.68. The zero-order valence-electron chi connectivity index (χ0n) is 8.19. The van der Waals surface area contributed by atoms with Crippen LogP contribution in [0.1, 0.15) is 18.4 Å². The van der Waals surface area contributed by atoms with Crippen LogP contribution in [0.4, 0.5) is 5.69 Å². The first-order chi connectivity index (χ1) is 6.90. The minimum atomic E-state index is 1.07. The molecular weight excluding hydrogens is 174 g/mol. The predicted octanol–water partition coefficient (Wildman–Crippen LogP) is 1.58. The summed E-state index contributed by atoms with van der Waals surface area (Å²) in [6.45, 7) is 2.34. The fourth-order valence-corrected chi connectivity index (χ4v) is 1.86. The molecule has 1 aliphatic heterocycles. The van der Waals surface area contributed by atoms with Crippen LogP contribution >= 0.6 is 0 Å². The van der Waals surface area contributed by atoms with Gasteiger partial charge in [-0.05, 0) is 30.5 Å². The average molecular weight is 189 g/mol. The predicted molar refractivity (Wildman–Crippen MR) is 59.7 cm³/mol. The van der Waals surface area contributed by atoms with Gasteiger partial charge in [-0.25, -0.2) is 0 Å². The number of anilines is 1. The van der Waals surface area contributed by atoms with Crippen LogP contribution in [0.25, 0.3) is 0 Å². The summed E-state index contributed by atoms with van der Waals surface area (Å²) >= 11 is 0. The van der Waals surface area contributed by atoms with Gasteiger partial charge in [-0.2, -0.15) is 5.10 Å². The van der Waals surface area contributed by atoms with Crippen molar-refractivity contribution in [3.05, 3.63) is 29.8 Å². The van der Waals surface area contributed by atoms with Crippen molar-refractivity contribution in [2.75, 3.05) is 18.0 Å². The van der Waals surface area contributed by atoms with Gasteiger partial charge in [0.05, 0.1) is 6.21 Å². The van der Waals surface area contributed by atoms with E-state index in [0.717, 1.165) is 5.56 Å². The van der Waals surface area contributed by atoms with E-state index in [1.54, 1.807) is 6.21 Å². The quantitative estimate of drug-likeness (QED) is 0.436. The first kappa shape index (κ1) is 9.06. The third-order valence-electron chi connectivity index (χ3n) is 2.57. The van der Waals surface area contributed by atoms with Gasteiger partial charge < -0.3 is 10.7 Å². The van der Waals surface area contributed by atoms with E-state index in [1.165, 1.54) is 31.6 Å². The number of hydrogen-bond donors (Lipinski definition) is 1. The molecule has 1 aromatic carbocycles. The van der Waals surface area contributed by atoms with Gasteiger partial charge in [-0.3, -0.25) is 0 Å². The van der Waals surface area contributed by atoms with E-state index in [1.807, 2.05) is 12.1 Å². The third-order valence-corrected chi connectivity index (χ3v) is 2.57. The molecule has 0 bridgehead atoms. The van der Waals surface area contributed by atoms with Gasteiger partial charge in [0.15, 0.2) is 0 Å². The number of nitrogens with two attached hydrogens (primary N) is 1. The van der Waals surface area contributed by atoms with Crippen molar-refractivity contribution in [3.63, 3.8) is 0 Å². The molecule has 1 fully saturated rings. The lowest BCUT2D eigenvalue weighted by atomic mass is 10.2. The van der Waals surface area contributed by atoms with Crippen LogP contribution in [0.15, 0.2) is 29.4 Å². The Labute approximate surface area is 84.2 Å². The molecule has 1 heterocycles. The van der Waals surface area contributed by atoms with Crippen molar-refractivity contribution in [2.45, 2.75) is 12.8 Å². The maximum Gasteiger partial charge on any atom is 0.0538 e. The molecule has 0 atom stereocenters. The lowest BCUT2D eigenvalue weighted by Crippen LogP contribution is -2.17. The van der Waals surface area contributed by atoms with Crippen molar-refractivity contribution >= 4 is 11.9 Å². The Morgan fingerprint density at radius 2 is 2.07 bits per heavy atom. The standard InChI is InChI=1S/C11H15N3/c12-13-9-10-4-3-5-11(8-10)14-6-1-2-7-14/h3-5,8-9H,1-2,6-7,12H2. The van der Waals surface area contributed by atoms with E-state index in [-0.39, 0.29) is 0 Å². The van der Waals surface area contributed by atoms with Crippen molar-refractivity contribution in [1.29, 1.82) is 0 Å². The van der Waals surface area contributed by atoms with Gasteiger partial charge in [0.25, 0.3) is 0 Å². The number of hydrogen-bond acceptors (Lipinski definition) is 3. The van der Waals surface area contributed by atoms with E-state index in [9.17, 15) is 0 Å². The SMILES string of the molecule is NN=Cc1cccc(N2CCCC2)c1. The number of hydrazone groups is 1. The minimum Gasteiger partial charge on any atom is -0.372 e. The molecule has 2 rings (SSSR count). The molecule has 74 valence electrons. The lowest BCUT2D eigenvalue weighted by molar-refractivity contribution is 0.949. The lowest BCUT2D eigenvalue weighted by Gasteiger charge is -2.17. The molecule has 0 aliphatic carbocycles. The molecule has 14 heavy (non-hydrogen) atoms. The van der Waals surface area contributed by atoms with Gasteiger partial charge >= 0.3 is 0 Å². The fourth-order valence-electron chi connectivity index (χ4n) is 1.86. The zero-order valence-corrected chi connectivity index (χ0v) is 8.19. The minimum absolute atomic E-state index is 1.07. The van der Waals surface area contributed by atoms with E-state index < -0.39 is 0 Å². The molecule has 0 amide bonds. The van der Waals surface area contributed by atoms with Crippen LogP contribution in [0.2, 0.25) is 0 Å². The van der Waals surface area contributed by atoms with E-state index in [4.69, 9.17) is 5.84 Å². The second-order valence-electron chi connectivity index (χ2n) is 3.57. The maximum absolute atomic E-state index is 5.12. The van der Waals surface area contributed by atoms with Crippen LogP contribution < -0.4 is 10.7 Å². The molecule has 3 heteroatoms. The molecule has 3 nitrogen and oxygen atoms in total.